The Morgan fingerprint density at radius 1 is 1.10 bits per heavy atom. The average Bonchev–Trinajstić information content (AvgIpc) is 3.47. The molecule has 3 fully saturated rings. The fourth-order valence-electron chi connectivity index (χ4n) is 5.69. The van der Waals surface area contributed by atoms with Gasteiger partial charge in [-0.25, -0.2) is 18.4 Å². The predicted molar refractivity (Wildman–Crippen MR) is 122 cm³/mol. The van der Waals surface area contributed by atoms with E-state index < -0.39 is 9.84 Å². The Hall–Kier alpha value is -1.70. The number of sulfone groups is 1. The van der Waals surface area contributed by atoms with E-state index in [-0.39, 0.29) is 0 Å². The van der Waals surface area contributed by atoms with Gasteiger partial charge in [0.05, 0.1) is 22.3 Å². The molecule has 3 heterocycles. The lowest BCUT2D eigenvalue weighted by Crippen LogP contribution is -2.39. The zero-order chi connectivity index (χ0) is 21.6. The monoisotopic (exact) mass is 460 g/mol. The number of aromatic nitrogens is 2. The summed E-state index contributed by atoms with van der Waals surface area (Å²) in [6.07, 6.45) is 10.7. The molecular weight excluding hydrogens is 432 g/mol. The van der Waals surface area contributed by atoms with Crippen LogP contribution in [-0.2, 0) is 9.84 Å². The highest BCUT2D eigenvalue weighted by Gasteiger charge is 2.57. The Balaban J connectivity index is 1.14. The molecule has 0 amide bonds. The number of benzene rings is 1. The highest BCUT2D eigenvalue weighted by molar-refractivity contribution is 7.90. The minimum atomic E-state index is -3.14. The number of hydrogen-bond acceptors (Lipinski definition) is 6. The quantitative estimate of drug-likeness (QED) is 0.746. The van der Waals surface area contributed by atoms with Crippen LogP contribution >= 0.6 is 11.6 Å². The van der Waals surface area contributed by atoms with Gasteiger partial charge in [0.1, 0.15) is 0 Å². The molecule has 2 saturated heterocycles. The smallest absolute Gasteiger partial charge is 0.225 e. The molecule has 5 rings (SSSR count). The van der Waals surface area contributed by atoms with Crippen LogP contribution in [0.15, 0.2) is 41.6 Å². The SMILES string of the molecule is CS(=O)(=O)c1ccc(C2CCC3(CN2)CC3C2CCN(c3ncc(Cl)cn3)CC2)cc1. The maximum Gasteiger partial charge on any atom is 0.225 e. The van der Waals surface area contributed by atoms with E-state index in [4.69, 9.17) is 11.6 Å². The Bertz CT molecular complexity index is 1030. The van der Waals surface area contributed by atoms with Crippen LogP contribution in [0.5, 0.6) is 0 Å². The first-order chi connectivity index (χ1) is 14.8. The van der Waals surface area contributed by atoms with Crippen LogP contribution < -0.4 is 10.2 Å². The number of halogens is 1. The lowest BCUT2D eigenvalue weighted by atomic mass is 9.81. The van der Waals surface area contributed by atoms with E-state index in [0.29, 0.717) is 21.4 Å². The molecule has 2 aromatic rings. The molecule has 31 heavy (non-hydrogen) atoms. The van der Waals surface area contributed by atoms with Crippen molar-refractivity contribution in [2.45, 2.75) is 43.0 Å². The molecular formula is C23H29ClN4O2S. The Kier molecular flexibility index (Phi) is 5.47. The maximum atomic E-state index is 11.7. The third-order valence-electron chi connectivity index (χ3n) is 7.59. The van der Waals surface area contributed by atoms with Gasteiger partial charge in [0, 0.05) is 31.9 Å². The second kappa shape index (κ2) is 8.01. The van der Waals surface area contributed by atoms with Gasteiger partial charge in [0.15, 0.2) is 9.84 Å². The summed E-state index contributed by atoms with van der Waals surface area (Å²) in [7, 11) is -3.14. The normalized spacial score (nSPS) is 29.3. The fourth-order valence-corrected chi connectivity index (χ4v) is 6.42. The molecule has 3 aliphatic rings. The van der Waals surface area contributed by atoms with Gasteiger partial charge in [0.2, 0.25) is 5.95 Å². The van der Waals surface area contributed by atoms with Gasteiger partial charge < -0.3 is 10.2 Å². The van der Waals surface area contributed by atoms with Crippen LogP contribution in [0.4, 0.5) is 5.95 Å². The predicted octanol–water partition coefficient (Wildman–Crippen LogP) is 3.88. The van der Waals surface area contributed by atoms with E-state index in [2.05, 4.69) is 20.2 Å². The molecule has 3 unspecified atom stereocenters. The van der Waals surface area contributed by atoms with Crippen LogP contribution in [0.3, 0.4) is 0 Å². The Labute approximate surface area is 189 Å². The van der Waals surface area contributed by atoms with Gasteiger partial charge in [-0.05, 0) is 67.1 Å². The largest absolute Gasteiger partial charge is 0.341 e. The first-order valence-corrected chi connectivity index (χ1v) is 13.4. The van der Waals surface area contributed by atoms with Gasteiger partial charge >= 0.3 is 0 Å². The number of nitrogens with zero attached hydrogens (tertiary/aromatic N) is 3. The van der Waals surface area contributed by atoms with E-state index in [9.17, 15) is 8.42 Å². The van der Waals surface area contributed by atoms with Gasteiger partial charge in [0.25, 0.3) is 0 Å². The highest BCUT2D eigenvalue weighted by atomic mass is 35.5. The van der Waals surface area contributed by atoms with Crippen LogP contribution in [0.2, 0.25) is 5.02 Å². The van der Waals surface area contributed by atoms with Crippen molar-refractivity contribution in [1.29, 1.82) is 0 Å². The molecule has 1 N–H and O–H groups in total. The third-order valence-corrected chi connectivity index (χ3v) is 8.92. The van der Waals surface area contributed by atoms with Crippen molar-refractivity contribution in [2.24, 2.45) is 17.3 Å². The van der Waals surface area contributed by atoms with Gasteiger partial charge in [-0.1, -0.05) is 23.7 Å². The topological polar surface area (TPSA) is 75.2 Å². The first kappa shape index (κ1) is 21.2. The summed E-state index contributed by atoms with van der Waals surface area (Å²) in [5, 5.41) is 4.34. The first-order valence-electron chi connectivity index (χ1n) is 11.1. The van der Waals surface area contributed by atoms with Gasteiger partial charge in [-0.3, -0.25) is 0 Å². The lowest BCUT2D eigenvalue weighted by molar-refractivity contribution is 0.232. The average molecular weight is 461 g/mol. The number of piperidine rings is 2. The van der Waals surface area contributed by atoms with Crippen molar-refractivity contribution < 1.29 is 8.42 Å². The molecule has 1 aromatic heterocycles. The van der Waals surface area contributed by atoms with E-state index in [1.54, 1.807) is 24.5 Å². The van der Waals surface area contributed by atoms with Gasteiger partial charge in [-0.2, -0.15) is 0 Å². The Morgan fingerprint density at radius 3 is 2.35 bits per heavy atom. The summed E-state index contributed by atoms with van der Waals surface area (Å²) in [6, 6.07) is 7.71. The molecule has 1 aliphatic carbocycles. The van der Waals surface area contributed by atoms with Crippen molar-refractivity contribution in [3.05, 3.63) is 47.2 Å². The number of hydrogen-bond donors (Lipinski definition) is 1. The second-order valence-electron chi connectivity index (χ2n) is 9.51. The third kappa shape index (κ3) is 4.32. The number of anilines is 1. The molecule has 1 spiro atoms. The van der Waals surface area contributed by atoms with E-state index in [1.165, 1.54) is 37.5 Å². The summed E-state index contributed by atoms with van der Waals surface area (Å²) < 4.78 is 23.4. The van der Waals surface area contributed by atoms with Crippen LogP contribution in [-0.4, -0.2) is 44.3 Å². The summed E-state index contributed by atoms with van der Waals surface area (Å²) in [4.78, 5) is 11.4. The molecule has 3 atom stereocenters. The standard InChI is InChI=1S/C23H29ClN4O2S/c1-31(29,30)19-4-2-17(3-5-19)21-6-9-23(15-27-21)12-20(23)16-7-10-28(11-8-16)22-25-13-18(24)14-26-22/h2-5,13-14,16,20-21,27H,6-12,15H2,1H3. The summed E-state index contributed by atoms with van der Waals surface area (Å²) >= 11 is 5.91. The van der Waals surface area contributed by atoms with Crippen molar-refractivity contribution >= 4 is 27.4 Å². The Morgan fingerprint density at radius 2 is 1.77 bits per heavy atom. The summed E-state index contributed by atoms with van der Waals surface area (Å²) in [5.41, 5.74) is 1.66. The van der Waals surface area contributed by atoms with E-state index >= 15 is 0 Å². The van der Waals surface area contributed by atoms with Crippen molar-refractivity contribution in [3.8, 4) is 0 Å². The maximum absolute atomic E-state index is 11.7. The lowest BCUT2D eigenvalue weighted by Gasteiger charge is -2.36. The molecule has 166 valence electrons. The molecule has 0 radical (unpaired) electrons. The van der Waals surface area contributed by atoms with Crippen molar-refractivity contribution in [2.75, 3.05) is 30.8 Å². The van der Waals surface area contributed by atoms with Crippen LogP contribution in [0.25, 0.3) is 0 Å². The van der Waals surface area contributed by atoms with Crippen molar-refractivity contribution in [3.63, 3.8) is 0 Å². The second-order valence-corrected chi connectivity index (χ2v) is 12.0. The molecule has 2 aliphatic heterocycles. The minimum Gasteiger partial charge on any atom is -0.341 e. The van der Waals surface area contributed by atoms with Gasteiger partial charge in [-0.15, -0.1) is 0 Å². The summed E-state index contributed by atoms with van der Waals surface area (Å²) in [6.45, 7) is 3.10. The summed E-state index contributed by atoms with van der Waals surface area (Å²) in [5.74, 6) is 2.40. The number of rotatable bonds is 4. The molecule has 8 heteroatoms. The zero-order valence-corrected chi connectivity index (χ0v) is 19.4. The van der Waals surface area contributed by atoms with E-state index in [1.807, 2.05) is 12.1 Å². The molecule has 1 saturated carbocycles. The fraction of sp³-hybridized carbons (Fsp3) is 0.565. The molecule has 1 aromatic carbocycles. The van der Waals surface area contributed by atoms with Crippen LogP contribution in [0.1, 0.15) is 43.7 Å². The molecule has 6 nitrogen and oxygen atoms in total. The van der Waals surface area contributed by atoms with Crippen molar-refractivity contribution in [1.82, 2.24) is 15.3 Å². The zero-order valence-electron chi connectivity index (χ0n) is 17.8. The highest BCUT2D eigenvalue weighted by Crippen LogP contribution is 2.62. The molecule has 0 bridgehead atoms. The van der Waals surface area contributed by atoms with Crippen LogP contribution in [0, 0.1) is 17.3 Å². The minimum absolute atomic E-state index is 0.324. The number of nitrogens with one attached hydrogen (secondary N) is 1. The van der Waals surface area contributed by atoms with E-state index in [0.717, 1.165) is 43.8 Å².